The molecule has 1 atom stereocenters. The molecule has 0 radical (unpaired) electrons. The summed E-state index contributed by atoms with van der Waals surface area (Å²) >= 11 is 7.11. The van der Waals surface area contributed by atoms with Crippen molar-refractivity contribution in [2.45, 2.75) is 32.7 Å². The number of hydrogen-bond acceptors (Lipinski definition) is 3. The average molecular weight is 405 g/mol. The molecule has 2 aromatic rings. The molecule has 0 saturated carbocycles. The molecule has 20 heavy (non-hydrogen) atoms. The molecule has 0 aliphatic carbocycles. The van der Waals surface area contributed by atoms with Crippen molar-refractivity contribution in [3.05, 3.63) is 38.4 Å². The molecule has 2 aromatic heterocycles. The Morgan fingerprint density at radius 2 is 2.20 bits per heavy atom. The summed E-state index contributed by atoms with van der Waals surface area (Å²) < 4.78 is 9.19. The predicted molar refractivity (Wildman–Crippen MR) is 86.8 cm³/mol. The highest BCUT2D eigenvalue weighted by Crippen LogP contribution is 2.30. The standard InChI is InChI=1S/C14H19Br2N3O/c1-4-6-17-11(10-5-7-20-14(10)16)8-12-13(15)9(2)18-19(12)3/h5,7,11,17H,4,6,8H2,1-3H3. The summed E-state index contributed by atoms with van der Waals surface area (Å²) in [5.41, 5.74) is 3.34. The first kappa shape index (κ1) is 15.8. The van der Waals surface area contributed by atoms with Crippen molar-refractivity contribution in [2.75, 3.05) is 6.54 Å². The van der Waals surface area contributed by atoms with E-state index in [9.17, 15) is 0 Å². The number of aryl methyl sites for hydroxylation is 2. The molecule has 6 heteroatoms. The van der Waals surface area contributed by atoms with E-state index in [1.807, 2.05) is 24.7 Å². The number of rotatable bonds is 6. The maximum atomic E-state index is 5.37. The van der Waals surface area contributed by atoms with E-state index in [1.165, 1.54) is 5.69 Å². The van der Waals surface area contributed by atoms with Gasteiger partial charge in [-0.1, -0.05) is 6.92 Å². The largest absolute Gasteiger partial charge is 0.457 e. The Balaban J connectivity index is 2.26. The van der Waals surface area contributed by atoms with Gasteiger partial charge >= 0.3 is 0 Å². The highest BCUT2D eigenvalue weighted by Gasteiger charge is 2.21. The van der Waals surface area contributed by atoms with Gasteiger partial charge in [0.25, 0.3) is 0 Å². The smallest absolute Gasteiger partial charge is 0.173 e. The Labute approximate surface area is 136 Å². The maximum absolute atomic E-state index is 5.37. The molecule has 0 aliphatic rings. The van der Waals surface area contributed by atoms with Crippen molar-refractivity contribution >= 4 is 31.9 Å². The van der Waals surface area contributed by atoms with Crippen molar-refractivity contribution in [3.63, 3.8) is 0 Å². The zero-order chi connectivity index (χ0) is 14.7. The summed E-state index contributed by atoms with van der Waals surface area (Å²) in [5.74, 6) is 0. The van der Waals surface area contributed by atoms with Crippen LogP contribution in [0.2, 0.25) is 0 Å². The molecule has 1 unspecified atom stereocenters. The number of aromatic nitrogens is 2. The molecule has 110 valence electrons. The van der Waals surface area contributed by atoms with E-state index < -0.39 is 0 Å². The Hall–Kier alpha value is -0.590. The van der Waals surface area contributed by atoms with Gasteiger partial charge in [-0.05, 0) is 57.8 Å². The lowest BCUT2D eigenvalue weighted by Crippen LogP contribution is -2.25. The van der Waals surface area contributed by atoms with Crippen LogP contribution >= 0.6 is 31.9 Å². The van der Waals surface area contributed by atoms with E-state index >= 15 is 0 Å². The first-order valence-corrected chi connectivity index (χ1v) is 8.27. The van der Waals surface area contributed by atoms with Crippen molar-refractivity contribution < 1.29 is 4.42 Å². The van der Waals surface area contributed by atoms with Crippen LogP contribution in [0.15, 0.2) is 25.9 Å². The van der Waals surface area contributed by atoms with Crippen LogP contribution in [0, 0.1) is 6.92 Å². The fourth-order valence-corrected chi connectivity index (χ4v) is 3.27. The molecule has 0 amide bonds. The van der Waals surface area contributed by atoms with Crippen LogP contribution in [0.25, 0.3) is 0 Å². The molecule has 2 heterocycles. The normalized spacial score (nSPS) is 12.8. The van der Waals surface area contributed by atoms with Gasteiger partial charge in [0.15, 0.2) is 4.67 Å². The van der Waals surface area contributed by atoms with E-state index in [0.717, 1.165) is 39.8 Å². The molecule has 0 saturated heterocycles. The topological polar surface area (TPSA) is 43.0 Å². The number of halogens is 2. The minimum Gasteiger partial charge on any atom is -0.457 e. The second kappa shape index (κ2) is 6.91. The predicted octanol–water partition coefficient (Wildman–Crippen LogP) is 4.13. The van der Waals surface area contributed by atoms with Crippen LogP contribution in [-0.4, -0.2) is 16.3 Å². The highest BCUT2D eigenvalue weighted by atomic mass is 79.9. The van der Waals surface area contributed by atoms with Crippen LogP contribution in [0.4, 0.5) is 0 Å². The van der Waals surface area contributed by atoms with Gasteiger partial charge in [0, 0.05) is 25.1 Å². The Morgan fingerprint density at radius 1 is 1.45 bits per heavy atom. The maximum Gasteiger partial charge on any atom is 0.173 e. The zero-order valence-electron chi connectivity index (χ0n) is 11.9. The first-order valence-electron chi connectivity index (χ1n) is 6.68. The Bertz CT molecular complexity index is 577. The summed E-state index contributed by atoms with van der Waals surface area (Å²) in [6, 6.07) is 2.21. The summed E-state index contributed by atoms with van der Waals surface area (Å²) in [4.78, 5) is 0. The number of nitrogens with zero attached hydrogens (tertiary/aromatic N) is 2. The fourth-order valence-electron chi connectivity index (χ4n) is 2.26. The zero-order valence-corrected chi connectivity index (χ0v) is 15.1. The van der Waals surface area contributed by atoms with Gasteiger partial charge in [-0.25, -0.2) is 0 Å². The third-order valence-electron chi connectivity index (χ3n) is 3.32. The minimum atomic E-state index is 0.203. The Kier molecular flexibility index (Phi) is 5.46. The molecule has 0 aromatic carbocycles. The van der Waals surface area contributed by atoms with E-state index in [0.29, 0.717) is 0 Å². The average Bonchev–Trinajstić information content (AvgIpc) is 2.93. The minimum absolute atomic E-state index is 0.203. The number of nitrogens with one attached hydrogen (secondary N) is 1. The van der Waals surface area contributed by atoms with Gasteiger partial charge in [0.1, 0.15) is 0 Å². The van der Waals surface area contributed by atoms with Crippen molar-refractivity contribution in [2.24, 2.45) is 7.05 Å². The van der Waals surface area contributed by atoms with Crippen molar-refractivity contribution in [1.82, 2.24) is 15.1 Å². The van der Waals surface area contributed by atoms with Crippen LogP contribution in [0.1, 0.15) is 36.3 Å². The van der Waals surface area contributed by atoms with Gasteiger partial charge < -0.3 is 9.73 Å². The van der Waals surface area contributed by atoms with Gasteiger partial charge in [0.05, 0.1) is 22.1 Å². The van der Waals surface area contributed by atoms with E-state index in [1.54, 1.807) is 6.26 Å². The lowest BCUT2D eigenvalue weighted by molar-refractivity contribution is 0.488. The highest BCUT2D eigenvalue weighted by molar-refractivity contribution is 9.10. The number of furan rings is 1. The third kappa shape index (κ3) is 3.35. The van der Waals surface area contributed by atoms with E-state index in [2.05, 4.69) is 49.2 Å². The lowest BCUT2D eigenvalue weighted by Gasteiger charge is -2.18. The van der Waals surface area contributed by atoms with Crippen LogP contribution in [-0.2, 0) is 13.5 Å². The molecule has 4 nitrogen and oxygen atoms in total. The SMILES string of the molecule is CCCNC(Cc1c(Br)c(C)nn1C)c1ccoc1Br. The fraction of sp³-hybridized carbons (Fsp3) is 0.500. The van der Waals surface area contributed by atoms with Gasteiger partial charge in [-0.15, -0.1) is 0 Å². The molecular weight excluding hydrogens is 386 g/mol. The van der Waals surface area contributed by atoms with Gasteiger partial charge in [-0.2, -0.15) is 5.10 Å². The lowest BCUT2D eigenvalue weighted by atomic mass is 10.0. The quantitative estimate of drug-likeness (QED) is 0.786. The first-order chi connectivity index (χ1) is 9.54. The van der Waals surface area contributed by atoms with Gasteiger partial charge in [-0.3, -0.25) is 4.68 Å². The summed E-state index contributed by atoms with van der Waals surface area (Å²) in [7, 11) is 1.98. The summed E-state index contributed by atoms with van der Waals surface area (Å²) in [5, 5.41) is 8.03. The summed E-state index contributed by atoms with van der Waals surface area (Å²) in [6.07, 6.45) is 3.66. The molecule has 0 bridgehead atoms. The van der Waals surface area contributed by atoms with Crippen LogP contribution in [0.5, 0.6) is 0 Å². The van der Waals surface area contributed by atoms with Crippen molar-refractivity contribution in [3.8, 4) is 0 Å². The molecular formula is C14H19Br2N3O. The van der Waals surface area contributed by atoms with Crippen LogP contribution in [0.3, 0.4) is 0 Å². The number of hydrogen-bond donors (Lipinski definition) is 1. The van der Waals surface area contributed by atoms with E-state index in [-0.39, 0.29) is 6.04 Å². The molecule has 2 rings (SSSR count). The second-order valence-corrected chi connectivity index (χ2v) is 6.34. The Morgan fingerprint density at radius 3 is 2.70 bits per heavy atom. The van der Waals surface area contributed by atoms with E-state index in [4.69, 9.17) is 4.42 Å². The monoisotopic (exact) mass is 403 g/mol. The molecule has 1 N–H and O–H groups in total. The van der Waals surface area contributed by atoms with Crippen LogP contribution < -0.4 is 5.32 Å². The molecule has 0 spiro atoms. The molecule has 0 fully saturated rings. The van der Waals surface area contributed by atoms with Crippen molar-refractivity contribution in [1.29, 1.82) is 0 Å². The second-order valence-electron chi connectivity index (χ2n) is 4.83. The summed E-state index contributed by atoms with van der Waals surface area (Å²) in [6.45, 7) is 5.14. The molecule has 0 aliphatic heterocycles. The third-order valence-corrected chi connectivity index (χ3v) is 5.00. The van der Waals surface area contributed by atoms with Gasteiger partial charge in [0.2, 0.25) is 0 Å².